The lowest BCUT2D eigenvalue weighted by atomic mass is 9.96. The number of nitrogens with zero attached hydrogens (tertiary/aromatic N) is 2. The van der Waals surface area contributed by atoms with Crippen LogP contribution >= 0.6 is 0 Å². The predicted octanol–water partition coefficient (Wildman–Crippen LogP) is 0.834. The van der Waals surface area contributed by atoms with Gasteiger partial charge in [0.1, 0.15) is 11.5 Å². The van der Waals surface area contributed by atoms with Crippen molar-refractivity contribution >= 4 is 11.9 Å². The van der Waals surface area contributed by atoms with Crippen LogP contribution in [0.3, 0.4) is 0 Å². The first-order valence-electron chi connectivity index (χ1n) is 5.61. The molecule has 1 saturated heterocycles. The third-order valence-corrected chi connectivity index (χ3v) is 3.15. The van der Waals surface area contributed by atoms with Crippen molar-refractivity contribution in [1.29, 1.82) is 0 Å². The fourth-order valence-corrected chi connectivity index (χ4v) is 2.12. The number of aromatic nitrogens is 2. The zero-order chi connectivity index (χ0) is 12.4. The van der Waals surface area contributed by atoms with Crippen molar-refractivity contribution in [3.05, 3.63) is 17.7 Å². The maximum atomic E-state index is 11.2. The number of carboxylic acids is 1. The molecular weight excluding hydrogens is 222 g/mol. The predicted molar refractivity (Wildman–Crippen MR) is 59.8 cm³/mol. The first-order valence-corrected chi connectivity index (χ1v) is 5.61. The Balaban J connectivity index is 2.00. The lowest BCUT2D eigenvalue weighted by molar-refractivity contribution is -0.129. The van der Waals surface area contributed by atoms with Crippen LogP contribution in [-0.2, 0) is 4.79 Å². The van der Waals surface area contributed by atoms with Crippen molar-refractivity contribution in [2.24, 2.45) is 0 Å². The number of aromatic carboxylic acids is 1. The summed E-state index contributed by atoms with van der Waals surface area (Å²) in [6.07, 6.45) is 2.99. The number of piperidine rings is 1. The number of carbonyl (C=O) groups excluding carboxylic acids is 1. The van der Waals surface area contributed by atoms with E-state index in [1.54, 1.807) is 11.8 Å². The molecule has 2 heterocycles. The molecule has 0 radical (unpaired) electrons. The van der Waals surface area contributed by atoms with E-state index in [1.165, 1.54) is 6.20 Å². The van der Waals surface area contributed by atoms with Crippen LogP contribution < -0.4 is 0 Å². The summed E-state index contributed by atoms with van der Waals surface area (Å²) in [6.45, 7) is 2.99. The Labute approximate surface area is 98.7 Å². The molecule has 0 atom stereocenters. The number of aromatic amines is 1. The van der Waals surface area contributed by atoms with E-state index in [4.69, 9.17) is 5.11 Å². The number of carbonyl (C=O) groups is 2. The van der Waals surface area contributed by atoms with Gasteiger partial charge in [-0.05, 0) is 12.8 Å². The summed E-state index contributed by atoms with van der Waals surface area (Å²) in [7, 11) is 0. The molecule has 1 fully saturated rings. The fourth-order valence-electron chi connectivity index (χ4n) is 2.12. The van der Waals surface area contributed by atoms with Crippen LogP contribution in [0.4, 0.5) is 0 Å². The molecule has 2 rings (SSSR count). The minimum absolute atomic E-state index is 0.0918. The van der Waals surface area contributed by atoms with Crippen LogP contribution in [0.5, 0.6) is 0 Å². The molecule has 1 aromatic heterocycles. The van der Waals surface area contributed by atoms with E-state index < -0.39 is 5.97 Å². The number of likely N-dealkylation sites (tertiary alicyclic amines) is 1. The van der Waals surface area contributed by atoms with Crippen LogP contribution in [0.15, 0.2) is 6.20 Å². The van der Waals surface area contributed by atoms with E-state index in [-0.39, 0.29) is 17.5 Å². The molecule has 0 aromatic carbocycles. The number of amides is 1. The summed E-state index contributed by atoms with van der Waals surface area (Å²) in [5.41, 5.74) is 0.119. The summed E-state index contributed by atoms with van der Waals surface area (Å²) in [5.74, 6) is 0.0309. The number of rotatable bonds is 2. The lowest BCUT2D eigenvalue weighted by Crippen LogP contribution is -2.36. The molecule has 0 aliphatic carbocycles. The zero-order valence-electron chi connectivity index (χ0n) is 9.64. The molecule has 1 aliphatic rings. The highest BCUT2D eigenvalue weighted by Crippen LogP contribution is 2.25. The van der Waals surface area contributed by atoms with Gasteiger partial charge in [0, 0.05) is 25.9 Å². The number of hydrogen-bond acceptors (Lipinski definition) is 3. The van der Waals surface area contributed by atoms with Crippen LogP contribution in [-0.4, -0.2) is 44.9 Å². The minimum Gasteiger partial charge on any atom is -0.477 e. The molecule has 0 spiro atoms. The van der Waals surface area contributed by atoms with Gasteiger partial charge in [-0.15, -0.1) is 0 Å². The molecule has 1 aromatic rings. The van der Waals surface area contributed by atoms with Gasteiger partial charge >= 0.3 is 5.97 Å². The molecule has 1 amide bonds. The van der Waals surface area contributed by atoms with Gasteiger partial charge < -0.3 is 15.0 Å². The quantitative estimate of drug-likeness (QED) is 0.797. The second-order valence-electron chi connectivity index (χ2n) is 4.27. The number of hydrogen-bond donors (Lipinski definition) is 2. The maximum Gasteiger partial charge on any atom is 0.353 e. The highest BCUT2D eigenvalue weighted by atomic mass is 16.4. The summed E-state index contributed by atoms with van der Waals surface area (Å²) < 4.78 is 0. The summed E-state index contributed by atoms with van der Waals surface area (Å²) in [5, 5.41) is 8.79. The largest absolute Gasteiger partial charge is 0.477 e. The smallest absolute Gasteiger partial charge is 0.353 e. The molecular formula is C11H15N3O3. The van der Waals surface area contributed by atoms with Gasteiger partial charge in [0.2, 0.25) is 5.91 Å². The zero-order valence-corrected chi connectivity index (χ0v) is 9.64. The Morgan fingerprint density at radius 1 is 1.47 bits per heavy atom. The SMILES string of the molecule is CC(=O)N1CCC(c2ncc(C(=O)O)[nH]2)CC1. The summed E-state index contributed by atoms with van der Waals surface area (Å²) >= 11 is 0. The topological polar surface area (TPSA) is 86.3 Å². The monoisotopic (exact) mass is 237 g/mol. The van der Waals surface area contributed by atoms with Gasteiger partial charge in [-0.2, -0.15) is 0 Å². The Bertz CT molecular complexity index is 433. The Morgan fingerprint density at radius 2 is 2.12 bits per heavy atom. The first kappa shape index (κ1) is 11.6. The number of nitrogens with one attached hydrogen (secondary N) is 1. The van der Waals surface area contributed by atoms with E-state index in [9.17, 15) is 9.59 Å². The Kier molecular flexibility index (Phi) is 3.12. The molecule has 92 valence electrons. The van der Waals surface area contributed by atoms with E-state index >= 15 is 0 Å². The minimum atomic E-state index is -0.995. The fraction of sp³-hybridized carbons (Fsp3) is 0.545. The van der Waals surface area contributed by atoms with Gasteiger partial charge in [0.05, 0.1) is 6.20 Å². The molecule has 0 bridgehead atoms. The summed E-state index contributed by atoms with van der Waals surface area (Å²) in [6, 6.07) is 0. The Hall–Kier alpha value is -1.85. The van der Waals surface area contributed by atoms with Gasteiger partial charge in [-0.25, -0.2) is 9.78 Å². The maximum absolute atomic E-state index is 11.2. The van der Waals surface area contributed by atoms with Crippen molar-refractivity contribution in [2.45, 2.75) is 25.7 Å². The second-order valence-corrected chi connectivity index (χ2v) is 4.27. The van der Waals surface area contributed by atoms with Crippen molar-refractivity contribution in [1.82, 2.24) is 14.9 Å². The van der Waals surface area contributed by atoms with Crippen molar-refractivity contribution in [2.75, 3.05) is 13.1 Å². The number of carboxylic acid groups (broad SMARTS) is 1. The third kappa shape index (κ3) is 2.46. The van der Waals surface area contributed by atoms with Gasteiger partial charge in [0.25, 0.3) is 0 Å². The van der Waals surface area contributed by atoms with E-state index in [1.807, 2.05) is 0 Å². The highest BCUT2D eigenvalue weighted by molar-refractivity contribution is 5.85. The molecule has 6 nitrogen and oxygen atoms in total. The van der Waals surface area contributed by atoms with Crippen molar-refractivity contribution in [3.63, 3.8) is 0 Å². The second kappa shape index (κ2) is 4.57. The average Bonchev–Trinajstić information content (AvgIpc) is 2.78. The Morgan fingerprint density at radius 3 is 2.59 bits per heavy atom. The van der Waals surface area contributed by atoms with E-state index in [0.717, 1.165) is 12.8 Å². The third-order valence-electron chi connectivity index (χ3n) is 3.15. The molecule has 0 unspecified atom stereocenters. The van der Waals surface area contributed by atoms with Crippen molar-refractivity contribution < 1.29 is 14.7 Å². The first-order chi connectivity index (χ1) is 8.08. The van der Waals surface area contributed by atoms with E-state index in [2.05, 4.69) is 9.97 Å². The molecule has 2 N–H and O–H groups in total. The summed E-state index contributed by atoms with van der Waals surface area (Å²) in [4.78, 5) is 30.6. The van der Waals surface area contributed by atoms with Crippen LogP contribution in [0.25, 0.3) is 0 Å². The number of imidazole rings is 1. The molecule has 1 aliphatic heterocycles. The van der Waals surface area contributed by atoms with Gasteiger partial charge in [-0.3, -0.25) is 4.79 Å². The van der Waals surface area contributed by atoms with Crippen LogP contribution in [0.2, 0.25) is 0 Å². The number of H-pyrrole nitrogens is 1. The molecule has 17 heavy (non-hydrogen) atoms. The highest BCUT2D eigenvalue weighted by Gasteiger charge is 2.24. The standard InChI is InChI=1S/C11H15N3O3/c1-7(15)14-4-2-8(3-5-14)10-12-6-9(13-10)11(16)17/h6,8H,2-5H2,1H3,(H,12,13)(H,16,17). The lowest BCUT2D eigenvalue weighted by Gasteiger charge is -2.30. The van der Waals surface area contributed by atoms with E-state index in [0.29, 0.717) is 18.9 Å². The molecule has 6 heteroatoms. The van der Waals surface area contributed by atoms with Crippen molar-refractivity contribution in [3.8, 4) is 0 Å². The van der Waals surface area contributed by atoms with Crippen LogP contribution in [0.1, 0.15) is 42.0 Å². The normalized spacial score (nSPS) is 17.1. The average molecular weight is 237 g/mol. The molecule has 0 saturated carbocycles. The van der Waals surface area contributed by atoms with Gasteiger partial charge in [-0.1, -0.05) is 0 Å². The van der Waals surface area contributed by atoms with Crippen LogP contribution in [0, 0.1) is 0 Å². The van der Waals surface area contributed by atoms with Gasteiger partial charge in [0.15, 0.2) is 0 Å².